The van der Waals surface area contributed by atoms with Gasteiger partial charge in [0.15, 0.2) is 0 Å². The summed E-state index contributed by atoms with van der Waals surface area (Å²) in [6, 6.07) is 0. The molecule has 0 aliphatic carbocycles. The largest absolute Gasteiger partial charge is 0.380 e. The van der Waals surface area contributed by atoms with Gasteiger partial charge in [-0.15, -0.1) is 0 Å². The maximum absolute atomic E-state index is 5.41. The zero-order valence-corrected chi connectivity index (χ0v) is 9.71. The first-order valence-electron chi connectivity index (χ1n) is 5.28. The molecule has 0 unspecified atom stereocenters. The molecule has 0 rings (SSSR count). The van der Waals surface area contributed by atoms with Gasteiger partial charge in [-0.2, -0.15) is 0 Å². The van der Waals surface area contributed by atoms with Crippen LogP contribution in [-0.2, 0) is 9.47 Å². The second-order valence-corrected chi connectivity index (χ2v) is 3.36. The minimum Gasteiger partial charge on any atom is -0.380 e. The van der Waals surface area contributed by atoms with Gasteiger partial charge >= 0.3 is 0 Å². The molecule has 0 aliphatic rings. The van der Waals surface area contributed by atoms with E-state index in [9.17, 15) is 0 Å². The molecule has 1 N–H and O–H groups in total. The van der Waals surface area contributed by atoms with E-state index >= 15 is 0 Å². The SMILES string of the molecule is CCOCCNCCOCCN(C)C. The van der Waals surface area contributed by atoms with Gasteiger partial charge in [0.25, 0.3) is 0 Å². The Hall–Kier alpha value is -0.160. The maximum atomic E-state index is 5.41. The van der Waals surface area contributed by atoms with Crippen molar-refractivity contribution in [2.24, 2.45) is 0 Å². The third-order valence-electron chi connectivity index (χ3n) is 1.73. The summed E-state index contributed by atoms with van der Waals surface area (Å²) < 4.78 is 10.6. The zero-order valence-electron chi connectivity index (χ0n) is 9.71. The number of likely N-dealkylation sites (N-methyl/N-ethyl adjacent to an activating group) is 1. The van der Waals surface area contributed by atoms with Crippen LogP contribution in [-0.4, -0.2) is 65.1 Å². The van der Waals surface area contributed by atoms with E-state index in [0.717, 1.165) is 46.1 Å². The van der Waals surface area contributed by atoms with Crippen LogP contribution in [0.3, 0.4) is 0 Å². The van der Waals surface area contributed by atoms with Gasteiger partial charge in [-0.25, -0.2) is 0 Å². The lowest BCUT2D eigenvalue weighted by Crippen LogP contribution is -2.25. The second-order valence-electron chi connectivity index (χ2n) is 3.36. The van der Waals surface area contributed by atoms with Crippen LogP contribution < -0.4 is 5.32 Å². The lowest BCUT2D eigenvalue weighted by molar-refractivity contribution is 0.114. The molecule has 0 fully saturated rings. The van der Waals surface area contributed by atoms with Crippen LogP contribution in [0.15, 0.2) is 0 Å². The molecular formula is C10H24N2O2. The molecule has 0 aromatic rings. The number of nitrogens with one attached hydrogen (secondary N) is 1. The molecule has 86 valence electrons. The van der Waals surface area contributed by atoms with Crippen molar-refractivity contribution < 1.29 is 9.47 Å². The minimum atomic E-state index is 0.778. The van der Waals surface area contributed by atoms with E-state index in [1.165, 1.54) is 0 Å². The quantitative estimate of drug-likeness (QED) is 0.515. The first-order valence-corrected chi connectivity index (χ1v) is 5.28. The summed E-state index contributed by atoms with van der Waals surface area (Å²) in [5.74, 6) is 0. The normalized spacial score (nSPS) is 11.1. The standard InChI is InChI=1S/C10H24N2O2/c1-4-13-8-5-11-6-9-14-10-7-12(2)3/h11H,4-10H2,1-3H3. The van der Waals surface area contributed by atoms with E-state index in [1.54, 1.807) is 0 Å². The molecule has 0 heterocycles. The number of hydrogen-bond donors (Lipinski definition) is 1. The summed E-state index contributed by atoms with van der Waals surface area (Å²) in [5.41, 5.74) is 0. The monoisotopic (exact) mass is 204 g/mol. The Morgan fingerprint density at radius 3 is 2.21 bits per heavy atom. The second kappa shape index (κ2) is 10.9. The highest BCUT2D eigenvalue weighted by atomic mass is 16.5. The number of nitrogens with zero attached hydrogens (tertiary/aromatic N) is 1. The molecule has 0 aromatic heterocycles. The molecule has 0 bridgehead atoms. The Morgan fingerprint density at radius 1 is 1.00 bits per heavy atom. The number of hydrogen-bond acceptors (Lipinski definition) is 4. The van der Waals surface area contributed by atoms with Gasteiger partial charge in [-0.1, -0.05) is 0 Å². The van der Waals surface area contributed by atoms with Crippen LogP contribution in [0.2, 0.25) is 0 Å². The predicted molar refractivity (Wildman–Crippen MR) is 58.7 cm³/mol. The molecule has 14 heavy (non-hydrogen) atoms. The van der Waals surface area contributed by atoms with Crippen LogP contribution >= 0.6 is 0 Å². The van der Waals surface area contributed by atoms with Crippen LogP contribution in [0.25, 0.3) is 0 Å². The summed E-state index contributed by atoms with van der Waals surface area (Å²) >= 11 is 0. The van der Waals surface area contributed by atoms with Crippen molar-refractivity contribution in [2.45, 2.75) is 6.92 Å². The fourth-order valence-electron chi connectivity index (χ4n) is 0.907. The molecule has 0 aliphatic heterocycles. The Labute approximate surface area is 87.6 Å². The Balaban J connectivity index is 2.85. The summed E-state index contributed by atoms with van der Waals surface area (Å²) in [7, 11) is 4.09. The molecule has 0 radical (unpaired) electrons. The van der Waals surface area contributed by atoms with Gasteiger partial charge in [0.2, 0.25) is 0 Å². The third-order valence-corrected chi connectivity index (χ3v) is 1.73. The maximum Gasteiger partial charge on any atom is 0.0593 e. The Bertz CT molecular complexity index is 110. The lowest BCUT2D eigenvalue weighted by Gasteiger charge is -2.10. The molecule has 4 heteroatoms. The fourth-order valence-corrected chi connectivity index (χ4v) is 0.907. The van der Waals surface area contributed by atoms with Crippen LogP contribution in [0.5, 0.6) is 0 Å². The average molecular weight is 204 g/mol. The van der Waals surface area contributed by atoms with Gasteiger partial charge in [-0.05, 0) is 21.0 Å². The van der Waals surface area contributed by atoms with Crippen molar-refractivity contribution in [1.82, 2.24) is 10.2 Å². The van der Waals surface area contributed by atoms with E-state index in [1.807, 2.05) is 21.0 Å². The van der Waals surface area contributed by atoms with Crippen LogP contribution in [0.1, 0.15) is 6.92 Å². The first kappa shape index (κ1) is 13.8. The van der Waals surface area contributed by atoms with Gasteiger partial charge < -0.3 is 19.7 Å². The summed E-state index contributed by atoms with van der Waals surface area (Å²) in [6.45, 7) is 7.96. The Morgan fingerprint density at radius 2 is 1.64 bits per heavy atom. The molecule has 0 amide bonds. The van der Waals surface area contributed by atoms with Crippen molar-refractivity contribution in [2.75, 3.05) is 60.2 Å². The number of ether oxygens (including phenoxy) is 2. The van der Waals surface area contributed by atoms with Crippen molar-refractivity contribution >= 4 is 0 Å². The number of rotatable bonds is 10. The van der Waals surface area contributed by atoms with Crippen molar-refractivity contribution in [3.63, 3.8) is 0 Å². The highest BCUT2D eigenvalue weighted by molar-refractivity contribution is 4.46. The van der Waals surface area contributed by atoms with E-state index in [-0.39, 0.29) is 0 Å². The van der Waals surface area contributed by atoms with Crippen LogP contribution in [0.4, 0.5) is 0 Å². The summed E-state index contributed by atoms with van der Waals surface area (Å²) in [6.07, 6.45) is 0. The van der Waals surface area contributed by atoms with Crippen molar-refractivity contribution in [3.8, 4) is 0 Å². The molecule has 0 spiro atoms. The average Bonchev–Trinajstić information content (AvgIpc) is 2.15. The molecule has 0 aromatic carbocycles. The van der Waals surface area contributed by atoms with Crippen LogP contribution in [0, 0.1) is 0 Å². The van der Waals surface area contributed by atoms with E-state index in [0.29, 0.717) is 0 Å². The Kier molecular flexibility index (Phi) is 10.8. The predicted octanol–water partition coefficient (Wildman–Crippen LogP) is 0.191. The zero-order chi connectivity index (χ0) is 10.6. The molecule has 0 saturated carbocycles. The van der Waals surface area contributed by atoms with Gasteiger partial charge in [-0.3, -0.25) is 0 Å². The first-order chi connectivity index (χ1) is 6.77. The fraction of sp³-hybridized carbons (Fsp3) is 1.00. The summed E-state index contributed by atoms with van der Waals surface area (Å²) in [4.78, 5) is 2.11. The minimum absolute atomic E-state index is 0.778. The highest BCUT2D eigenvalue weighted by Gasteiger charge is 1.91. The van der Waals surface area contributed by atoms with E-state index in [4.69, 9.17) is 9.47 Å². The molecule has 0 saturated heterocycles. The lowest BCUT2D eigenvalue weighted by atomic mass is 10.6. The molecule has 4 nitrogen and oxygen atoms in total. The topological polar surface area (TPSA) is 33.7 Å². The van der Waals surface area contributed by atoms with Crippen molar-refractivity contribution in [1.29, 1.82) is 0 Å². The molecule has 0 atom stereocenters. The van der Waals surface area contributed by atoms with Gasteiger partial charge in [0, 0.05) is 26.2 Å². The van der Waals surface area contributed by atoms with E-state index < -0.39 is 0 Å². The smallest absolute Gasteiger partial charge is 0.0593 e. The van der Waals surface area contributed by atoms with E-state index in [2.05, 4.69) is 10.2 Å². The molecular weight excluding hydrogens is 180 g/mol. The summed E-state index contributed by atoms with van der Waals surface area (Å²) in [5, 5.41) is 3.24. The van der Waals surface area contributed by atoms with Gasteiger partial charge in [0.05, 0.1) is 19.8 Å². The highest BCUT2D eigenvalue weighted by Crippen LogP contribution is 1.77. The van der Waals surface area contributed by atoms with Crippen molar-refractivity contribution in [3.05, 3.63) is 0 Å². The van der Waals surface area contributed by atoms with Gasteiger partial charge in [0.1, 0.15) is 0 Å². The third kappa shape index (κ3) is 11.8.